The summed E-state index contributed by atoms with van der Waals surface area (Å²) >= 11 is 0. The van der Waals surface area contributed by atoms with Gasteiger partial charge in [0, 0.05) is 25.7 Å². The van der Waals surface area contributed by atoms with Crippen LogP contribution in [0.4, 0.5) is 0 Å². The third-order valence-electron chi connectivity index (χ3n) is 2.25. The smallest absolute Gasteiger partial charge is 0.0480 e. The molecule has 0 aliphatic carbocycles. The first-order valence-corrected chi connectivity index (χ1v) is 6.05. The first-order chi connectivity index (χ1) is 7.35. The summed E-state index contributed by atoms with van der Waals surface area (Å²) in [6.07, 6.45) is 4.32. The van der Waals surface area contributed by atoms with Crippen LogP contribution >= 0.6 is 0 Å². The molecule has 1 N–H and O–H groups in total. The molecular weight excluding hydrogens is 186 g/mol. The molecule has 88 valence electrons. The summed E-state index contributed by atoms with van der Waals surface area (Å²) in [6.45, 7) is 8.95. The van der Waals surface area contributed by atoms with Crippen LogP contribution in [0.2, 0.25) is 0 Å². The Morgan fingerprint density at radius 2 is 2.00 bits per heavy atom. The van der Waals surface area contributed by atoms with Crippen molar-refractivity contribution in [1.82, 2.24) is 5.32 Å². The van der Waals surface area contributed by atoms with Crippen molar-refractivity contribution in [3.63, 3.8) is 0 Å². The molecule has 0 saturated carbocycles. The molecule has 0 amide bonds. The summed E-state index contributed by atoms with van der Waals surface area (Å²) in [7, 11) is 0. The monoisotopic (exact) mass is 211 g/mol. The van der Waals surface area contributed by atoms with Crippen molar-refractivity contribution in [2.24, 2.45) is 0 Å². The Morgan fingerprint density at radius 1 is 1.20 bits per heavy atom. The third kappa shape index (κ3) is 9.78. The van der Waals surface area contributed by atoms with Crippen molar-refractivity contribution in [1.29, 1.82) is 0 Å². The molecular formula is C13H25NO. The highest BCUT2D eigenvalue weighted by atomic mass is 16.5. The second kappa shape index (κ2) is 11.6. The van der Waals surface area contributed by atoms with E-state index in [0.29, 0.717) is 6.04 Å². The zero-order chi connectivity index (χ0) is 11.4. The van der Waals surface area contributed by atoms with E-state index in [2.05, 4.69) is 31.0 Å². The van der Waals surface area contributed by atoms with Crippen molar-refractivity contribution in [2.75, 3.05) is 19.8 Å². The van der Waals surface area contributed by atoms with Gasteiger partial charge in [-0.25, -0.2) is 0 Å². The van der Waals surface area contributed by atoms with Gasteiger partial charge in [0.1, 0.15) is 0 Å². The molecule has 15 heavy (non-hydrogen) atoms. The summed E-state index contributed by atoms with van der Waals surface area (Å²) in [6, 6.07) is 0.563. The lowest BCUT2D eigenvalue weighted by Gasteiger charge is -2.16. The largest absolute Gasteiger partial charge is 0.381 e. The molecule has 0 aromatic rings. The molecule has 2 nitrogen and oxygen atoms in total. The Balaban J connectivity index is 3.56. The minimum atomic E-state index is 0.563. The second-order valence-electron chi connectivity index (χ2n) is 3.62. The third-order valence-corrected chi connectivity index (χ3v) is 2.25. The lowest BCUT2D eigenvalue weighted by Crippen LogP contribution is -2.30. The topological polar surface area (TPSA) is 21.3 Å². The minimum Gasteiger partial charge on any atom is -0.381 e. The Labute approximate surface area is 94.8 Å². The summed E-state index contributed by atoms with van der Waals surface area (Å²) < 4.78 is 5.49. The van der Waals surface area contributed by atoms with E-state index in [1.165, 1.54) is 0 Å². The number of rotatable bonds is 9. The maximum Gasteiger partial charge on any atom is 0.0480 e. The first kappa shape index (κ1) is 14.5. The SMILES string of the molecule is CC#CCCC(CCOCCC)NCC. The predicted molar refractivity (Wildman–Crippen MR) is 65.9 cm³/mol. The van der Waals surface area contributed by atoms with E-state index in [4.69, 9.17) is 4.74 Å². The van der Waals surface area contributed by atoms with Gasteiger partial charge in [0.05, 0.1) is 0 Å². The Kier molecular flexibility index (Phi) is 11.2. The number of hydrogen-bond acceptors (Lipinski definition) is 2. The van der Waals surface area contributed by atoms with Gasteiger partial charge in [0.25, 0.3) is 0 Å². The van der Waals surface area contributed by atoms with Crippen molar-refractivity contribution < 1.29 is 4.74 Å². The highest BCUT2D eigenvalue weighted by molar-refractivity contribution is 4.95. The number of hydrogen-bond donors (Lipinski definition) is 1. The first-order valence-electron chi connectivity index (χ1n) is 6.05. The average molecular weight is 211 g/mol. The fourth-order valence-corrected chi connectivity index (χ4v) is 1.48. The van der Waals surface area contributed by atoms with Gasteiger partial charge in [-0.2, -0.15) is 0 Å². The maximum atomic E-state index is 5.49. The van der Waals surface area contributed by atoms with Crippen molar-refractivity contribution in [3.8, 4) is 11.8 Å². The minimum absolute atomic E-state index is 0.563. The quantitative estimate of drug-likeness (QED) is 0.467. The molecule has 0 aromatic carbocycles. The molecule has 1 unspecified atom stereocenters. The molecule has 1 atom stereocenters. The molecule has 0 bridgehead atoms. The molecule has 0 heterocycles. The molecule has 0 saturated heterocycles. The Morgan fingerprint density at radius 3 is 2.60 bits per heavy atom. The van der Waals surface area contributed by atoms with Gasteiger partial charge in [0.15, 0.2) is 0 Å². The molecule has 2 heteroatoms. The Hall–Kier alpha value is -0.520. The van der Waals surface area contributed by atoms with Crippen LogP contribution in [0, 0.1) is 11.8 Å². The van der Waals surface area contributed by atoms with Crippen LogP contribution in [-0.4, -0.2) is 25.8 Å². The Bertz CT molecular complexity index is 181. The zero-order valence-corrected chi connectivity index (χ0v) is 10.4. The van der Waals surface area contributed by atoms with E-state index in [1.54, 1.807) is 0 Å². The number of ether oxygens (including phenoxy) is 1. The summed E-state index contributed by atoms with van der Waals surface area (Å²) in [4.78, 5) is 0. The van der Waals surface area contributed by atoms with Gasteiger partial charge in [-0.3, -0.25) is 0 Å². The lowest BCUT2D eigenvalue weighted by atomic mass is 10.1. The van der Waals surface area contributed by atoms with Gasteiger partial charge >= 0.3 is 0 Å². The van der Waals surface area contributed by atoms with E-state index < -0.39 is 0 Å². The van der Waals surface area contributed by atoms with Crippen molar-refractivity contribution in [3.05, 3.63) is 0 Å². The van der Waals surface area contributed by atoms with Crippen molar-refractivity contribution in [2.45, 2.75) is 52.5 Å². The fourth-order valence-electron chi connectivity index (χ4n) is 1.48. The highest BCUT2D eigenvalue weighted by Gasteiger charge is 2.05. The molecule has 0 radical (unpaired) electrons. The standard InChI is InChI=1S/C13H25NO/c1-4-7-8-9-13(14-6-3)10-12-15-11-5-2/h13-14H,5-6,8-12H2,1-3H3. The fraction of sp³-hybridized carbons (Fsp3) is 0.846. The molecule has 0 aromatic heterocycles. The van der Waals surface area contributed by atoms with Crippen LogP contribution in [0.5, 0.6) is 0 Å². The van der Waals surface area contributed by atoms with E-state index in [9.17, 15) is 0 Å². The van der Waals surface area contributed by atoms with Gasteiger partial charge in [-0.05, 0) is 32.7 Å². The average Bonchev–Trinajstić information content (AvgIpc) is 2.24. The van der Waals surface area contributed by atoms with Crippen LogP contribution in [0.25, 0.3) is 0 Å². The summed E-state index contributed by atoms with van der Waals surface area (Å²) in [5.74, 6) is 6.04. The zero-order valence-electron chi connectivity index (χ0n) is 10.4. The predicted octanol–water partition coefficient (Wildman–Crippen LogP) is 2.58. The van der Waals surface area contributed by atoms with Crippen molar-refractivity contribution >= 4 is 0 Å². The highest BCUT2D eigenvalue weighted by Crippen LogP contribution is 2.02. The van der Waals surface area contributed by atoms with E-state index in [1.807, 2.05) is 6.92 Å². The summed E-state index contributed by atoms with van der Waals surface area (Å²) in [5, 5.41) is 3.47. The maximum absolute atomic E-state index is 5.49. The van der Waals surface area contributed by atoms with Gasteiger partial charge in [-0.15, -0.1) is 11.8 Å². The second-order valence-corrected chi connectivity index (χ2v) is 3.62. The summed E-state index contributed by atoms with van der Waals surface area (Å²) in [5.41, 5.74) is 0. The van der Waals surface area contributed by atoms with E-state index in [-0.39, 0.29) is 0 Å². The molecule has 0 aliphatic heterocycles. The molecule has 0 fully saturated rings. The normalized spacial score (nSPS) is 11.9. The lowest BCUT2D eigenvalue weighted by molar-refractivity contribution is 0.124. The van der Waals surface area contributed by atoms with Gasteiger partial charge in [0.2, 0.25) is 0 Å². The molecule has 0 spiro atoms. The van der Waals surface area contributed by atoms with Crippen LogP contribution in [-0.2, 0) is 4.74 Å². The van der Waals surface area contributed by atoms with Crippen LogP contribution in [0.1, 0.15) is 46.5 Å². The molecule has 0 rings (SSSR count). The number of nitrogens with one attached hydrogen (secondary N) is 1. The van der Waals surface area contributed by atoms with E-state index in [0.717, 1.165) is 45.4 Å². The van der Waals surface area contributed by atoms with Crippen LogP contribution < -0.4 is 5.32 Å². The molecule has 0 aliphatic rings. The van der Waals surface area contributed by atoms with Crippen LogP contribution in [0.3, 0.4) is 0 Å². The van der Waals surface area contributed by atoms with Crippen LogP contribution in [0.15, 0.2) is 0 Å². The van der Waals surface area contributed by atoms with Gasteiger partial charge in [-0.1, -0.05) is 13.8 Å². The van der Waals surface area contributed by atoms with E-state index >= 15 is 0 Å². The van der Waals surface area contributed by atoms with Gasteiger partial charge < -0.3 is 10.1 Å².